The highest BCUT2D eigenvalue weighted by Gasteiger charge is 2.28. The van der Waals surface area contributed by atoms with Gasteiger partial charge in [0.1, 0.15) is 0 Å². The van der Waals surface area contributed by atoms with Crippen LogP contribution in [0.4, 0.5) is 0 Å². The molecule has 1 aromatic rings. The van der Waals surface area contributed by atoms with E-state index in [1.165, 1.54) is 11.3 Å². The molecule has 6 nitrogen and oxygen atoms in total. The van der Waals surface area contributed by atoms with Crippen molar-refractivity contribution in [2.45, 2.75) is 33.2 Å². The van der Waals surface area contributed by atoms with Crippen molar-refractivity contribution in [2.24, 2.45) is 5.92 Å². The molecule has 0 aliphatic carbocycles. The average molecular weight is 332 g/mol. The Morgan fingerprint density at radius 2 is 2.33 bits per heavy atom. The average Bonchev–Trinajstić information content (AvgIpc) is 2.89. The summed E-state index contributed by atoms with van der Waals surface area (Å²) in [6.45, 7) is 7.32. The van der Waals surface area contributed by atoms with Crippen LogP contribution in [0, 0.1) is 12.8 Å². The van der Waals surface area contributed by atoms with Crippen molar-refractivity contribution in [1.29, 1.82) is 0 Å². The summed E-state index contributed by atoms with van der Waals surface area (Å²) in [4.78, 5) is 5.08. The molecule has 0 aromatic carbocycles. The normalized spacial score (nSPS) is 20.8. The molecule has 8 heteroatoms. The Kier molecular flexibility index (Phi) is 6.12. The minimum absolute atomic E-state index is 0.322. The Bertz CT molecular complexity index is 544. The summed E-state index contributed by atoms with van der Waals surface area (Å²) < 4.78 is 29.0. The van der Waals surface area contributed by atoms with Gasteiger partial charge in [0.2, 0.25) is 0 Å². The smallest absolute Gasteiger partial charge is 0.279 e. The van der Waals surface area contributed by atoms with E-state index in [2.05, 4.69) is 21.9 Å². The SMILES string of the molecule is CCNCC1CCCN(S(=O)(=O)NCc2cnc(C)s2)C1. The molecule has 1 aliphatic rings. The summed E-state index contributed by atoms with van der Waals surface area (Å²) in [5.74, 6) is 0.404. The fraction of sp³-hybridized carbons (Fsp3) is 0.769. The second-order valence-corrected chi connectivity index (χ2v) is 8.42. The predicted molar refractivity (Wildman–Crippen MR) is 85.5 cm³/mol. The van der Waals surface area contributed by atoms with Crippen LogP contribution in [0.1, 0.15) is 29.7 Å². The highest BCUT2D eigenvalue weighted by Crippen LogP contribution is 2.18. The van der Waals surface area contributed by atoms with Gasteiger partial charge in [0.15, 0.2) is 0 Å². The first-order valence-corrected chi connectivity index (χ1v) is 9.63. The highest BCUT2D eigenvalue weighted by atomic mass is 32.2. The third-order valence-corrected chi connectivity index (χ3v) is 6.04. The Hall–Kier alpha value is -0.540. The largest absolute Gasteiger partial charge is 0.317 e. The van der Waals surface area contributed by atoms with Crippen LogP contribution in [0.5, 0.6) is 0 Å². The number of aryl methyl sites for hydroxylation is 1. The van der Waals surface area contributed by atoms with E-state index in [1.54, 1.807) is 10.5 Å². The fourth-order valence-electron chi connectivity index (χ4n) is 2.50. The summed E-state index contributed by atoms with van der Waals surface area (Å²) in [6, 6.07) is 0. The first-order valence-electron chi connectivity index (χ1n) is 7.38. The van der Waals surface area contributed by atoms with E-state index in [9.17, 15) is 8.42 Å². The Morgan fingerprint density at radius 1 is 1.52 bits per heavy atom. The molecular formula is C13H24N4O2S2. The minimum Gasteiger partial charge on any atom is -0.317 e. The van der Waals surface area contributed by atoms with Crippen LogP contribution in [0.25, 0.3) is 0 Å². The number of aromatic nitrogens is 1. The highest BCUT2D eigenvalue weighted by molar-refractivity contribution is 7.87. The Balaban J connectivity index is 1.89. The van der Waals surface area contributed by atoms with Gasteiger partial charge in [-0.2, -0.15) is 17.4 Å². The summed E-state index contributed by atoms with van der Waals surface area (Å²) >= 11 is 1.52. The van der Waals surface area contributed by atoms with Crippen LogP contribution in [0.15, 0.2) is 6.20 Å². The van der Waals surface area contributed by atoms with E-state index in [1.807, 2.05) is 6.92 Å². The van der Waals surface area contributed by atoms with Gasteiger partial charge < -0.3 is 5.32 Å². The van der Waals surface area contributed by atoms with E-state index < -0.39 is 10.2 Å². The van der Waals surface area contributed by atoms with E-state index in [0.29, 0.717) is 25.6 Å². The van der Waals surface area contributed by atoms with Gasteiger partial charge in [-0.15, -0.1) is 11.3 Å². The zero-order valence-corrected chi connectivity index (χ0v) is 14.3. The number of nitrogens with one attached hydrogen (secondary N) is 2. The molecule has 0 amide bonds. The van der Waals surface area contributed by atoms with Crippen LogP contribution in [0.2, 0.25) is 0 Å². The zero-order valence-electron chi connectivity index (χ0n) is 12.6. The van der Waals surface area contributed by atoms with Crippen molar-refractivity contribution in [1.82, 2.24) is 19.3 Å². The van der Waals surface area contributed by atoms with Crippen molar-refractivity contribution in [3.8, 4) is 0 Å². The van der Waals surface area contributed by atoms with Crippen LogP contribution >= 0.6 is 11.3 Å². The van der Waals surface area contributed by atoms with Gasteiger partial charge >= 0.3 is 0 Å². The first kappa shape index (κ1) is 16.8. The van der Waals surface area contributed by atoms with Crippen LogP contribution in [-0.2, 0) is 16.8 Å². The topological polar surface area (TPSA) is 74.3 Å². The van der Waals surface area contributed by atoms with Crippen molar-refractivity contribution < 1.29 is 8.42 Å². The standard InChI is InChI=1S/C13H24N4O2S2/c1-3-14-7-12-5-4-6-17(10-12)21(18,19)16-9-13-8-15-11(2)20-13/h8,12,14,16H,3-7,9-10H2,1-2H3. The molecule has 120 valence electrons. The molecule has 0 radical (unpaired) electrons. The van der Waals surface area contributed by atoms with Gasteiger partial charge in [0, 0.05) is 30.7 Å². The number of piperidine rings is 1. The van der Waals surface area contributed by atoms with Crippen molar-refractivity contribution in [3.63, 3.8) is 0 Å². The van der Waals surface area contributed by atoms with E-state index >= 15 is 0 Å². The first-order chi connectivity index (χ1) is 10.0. The lowest BCUT2D eigenvalue weighted by atomic mass is 10.00. The second-order valence-electron chi connectivity index (χ2n) is 5.35. The molecule has 0 bridgehead atoms. The predicted octanol–water partition coefficient (Wildman–Crippen LogP) is 1.11. The monoisotopic (exact) mass is 332 g/mol. The maximum Gasteiger partial charge on any atom is 0.279 e. The molecule has 0 saturated carbocycles. The molecule has 1 atom stereocenters. The van der Waals surface area contributed by atoms with Crippen LogP contribution < -0.4 is 10.0 Å². The van der Waals surface area contributed by atoms with Crippen LogP contribution in [0.3, 0.4) is 0 Å². The number of thiazole rings is 1. The molecule has 1 unspecified atom stereocenters. The summed E-state index contributed by atoms with van der Waals surface area (Å²) in [6.07, 6.45) is 3.75. The lowest BCUT2D eigenvalue weighted by molar-refractivity contribution is 0.258. The molecule has 2 rings (SSSR count). The molecular weight excluding hydrogens is 308 g/mol. The molecule has 21 heavy (non-hydrogen) atoms. The van der Waals surface area contributed by atoms with Gasteiger partial charge in [-0.25, -0.2) is 4.98 Å². The third kappa shape index (κ3) is 5.00. The molecule has 1 aliphatic heterocycles. The summed E-state index contributed by atoms with van der Waals surface area (Å²) in [7, 11) is -3.40. The van der Waals surface area contributed by atoms with Gasteiger partial charge in [-0.05, 0) is 38.8 Å². The molecule has 2 N–H and O–H groups in total. The Labute approximate surface area is 131 Å². The quantitative estimate of drug-likeness (QED) is 0.784. The lowest BCUT2D eigenvalue weighted by Gasteiger charge is -2.31. The summed E-state index contributed by atoms with van der Waals surface area (Å²) in [5, 5.41) is 4.25. The van der Waals surface area contributed by atoms with E-state index in [4.69, 9.17) is 0 Å². The number of hydrogen-bond donors (Lipinski definition) is 2. The number of nitrogens with zero attached hydrogens (tertiary/aromatic N) is 2. The van der Waals surface area contributed by atoms with Crippen molar-refractivity contribution in [3.05, 3.63) is 16.1 Å². The molecule has 0 spiro atoms. The fourth-order valence-corrected chi connectivity index (χ4v) is 4.62. The van der Waals surface area contributed by atoms with Crippen molar-refractivity contribution >= 4 is 21.5 Å². The number of rotatable bonds is 7. The van der Waals surface area contributed by atoms with Crippen LogP contribution in [-0.4, -0.2) is 43.9 Å². The van der Waals surface area contributed by atoms with Crippen molar-refractivity contribution in [2.75, 3.05) is 26.2 Å². The number of hydrogen-bond acceptors (Lipinski definition) is 5. The minimum atomic E-state index is -3.40. The molecule has 1 fully saturated rings. The van der Waals surface area contributed by atoms with E-state index in [-0.39, 0.29) is 0 Å². The van der Waals surface area contributed by atoms with Gasteiger partial charge in [0.05, 0.1) is 5.01 Å². The van der Waals surface area contributed by atoms with Gasteiger partial charge in [-0.1, -0.05) is 6.92 Å². The Morgan fingerprint density at radius 3 is 3.00 bits per heavy atom. The molecule has 1 saturated heterocycles. The summed E-state index contributed by atoms with van der Waals surface area (Å²) in [5.41, 5.74) is 0. The molecule has 1 aromatic heterocycles. The zero-order chi connectivity index (χ0) is 15.3. The third-order valence-electron chi connectivity index (χ3n) is 3.60. The maximum atomic E-state index is 12.4. The maximum absolute atomic E-state index is 12.4. The molecule has 2 heterocycles. The lowest BCUT2D eigenvalue weighted by Crippen LogP contribution is -2.47. The van der Waals surface area contributed by atoms with E-state index in [0.717, 1.165) is 35.8 Å². The van der Waals surface area contributed by atoms with Gasteiger partial charge in [0.25, 0.3) is 10.2 Å². The van der Waals surface area contributed by atoms with Gasteiger partial charge in [-0.3, -0.25) is 0 Å². The second kappa shape index (κ2) is 7.64.